The van der Waals surface area contributed by atoms with E-state index < -0.39 is 12.0 Å². The SMILES string of the molecule is CC(=O)NC(CNC(C)c1ccccc1C)C(=O)O. The van der Waals surface area contributed by atoms with Gasteiger partial charge >= 0.3 is 5.97 Å². The average molecular weight is 264 g/mol. The van der Waals surface area contributed by atoms with Crippen LogP contribution in [0.2, 0.25) is 0 Å². The standard InChI is InChI=1S/C14H20N2O3/c1-9-6-4-5-7-12(9)10(2)15-8-13(14(18)19)16-11(3)17/h4-7,10,13,15H,8H2,1-3H3,(H,16,17)(H,18,19). The van der Waals surface area contributed by atoms with E-state index in [1.54, 1.807) is 0 Å². The van der Waals surface area contributed by atoms with E-state index in [-0.39, 0.29) is 18.5 Å². The molecule has 0 radical (unpaired) electrons. The largest absolute Gasteiger partial charge is 0.480 e. The third kappa shape index (κ3) is 4.71. The summed E-state index contributed by atoms with van der Waals surface area (Å²) in [6.07, 6.45) is 0. The van der Waals surface area contributed by atoms with Gasteiger partial charge in [0.15, 0.2) is 0 Å². The summed E-state index contributed by atoms with van der Waals surface area (Å²) < 4.78 is 0. The number of amides is 1. The van der Waals surface area contributed by atoms with Crippen LogP contribution in [0.1, 0.15) is 31.0 Å². The van der Waals surface area contributed by atoms with Gasteiger partial charge in [0, 0.05) is 19.5 Å². The highest BCUT2D eigenvalue weighted by molar-refractivity contribution is 5.82. The first-order valence-corrected chi connectivity index (χ1v) is 6.20. The van der Waals surface area contributed by atoms with Crippen LogP contribution in [0.15, 0.2) is 24.3 Å². The predicted molar refractivity (Wildman–Crippen MR) is 72.8 cm³/mol. The first-order valence-electron chi connectivity index (χ1n) is 6.20. The van der Waals surface area contributed by atoms with Crippen LogP contribution >= 0.6 is 0 Å². The Bertz CT molecular complexity index is 460. The molecule has 0 heterocycles. The summed E-state index contributed by atoms with van der Waals surface area (Å²) in [6.45, 7) is 5.47. The van der Waals surface area contributed by atoms with Crippen molar-refractivity contribution in [2.24, 2.45) is 0 Å². The third-order valence-corrected chi connectivity index (χ3v) is 2.96. The second-order valence-electron chi connectivity index (χ2n) is 4.58. The number of carboxylic acids is 1. The maximum atomic E-state index is 11.0. The molecule has 0 aromatic heterocycles. The predicted octanol–water partition coefficient (Wildman–Crippen LogP) is 1.23. The van der Waals surface area contributed by atoms with Gasteiger partial charge in [-0.05, 0) is 25.0 Å². The Morgan fingerprint density at radius 2 is 1.95 bits per heavy atom. The van der Waals surface area contributed by atoms with Gasteiger partial charge < -0.3 is 15.7 Å². The molecule has 0 aliphatic rings. The van der Waals surface area contributed by atoms with E-state index in [2.05, 4.69) is 10.6 Å². The second-order valence-corrected chi connectivity index (χ2v) is 4.58. The third-order valence-electron chi connectivity index (χ3n) is 2.96. The van der Waals surface area contributed by atoms with E-state index in [1.807, 2.05) is 38.1 Å². The van der Waals surface area contributed by atoms with Crippen molar-refractivity contribution in [2.75, 3.05) is 6.54 Å². The van der Waals surface area contributed by atoms with Crippen molar-refractivity contribution in [1.29, 1.82) is 0 Å². The van der Waals surface area contributed by atoms with Crippen LogP contribution in [0.25, 0.3) is 0 Å². The number of hydrogen-bond acceptors (Lipinski definition) is 3. The zero-order valence-corrected chi connectivity index (χ0v) is 11.4. The minimum absolute atomic E-state index is 0.0248. The molecule has 0 saturated carbocycles. The van der Waals surface area contributed by atoms with Crippen LogP contribution in [0.5, 0.6) is 0 Å². The summed E-state index contributed by atoms with van der Waals surface area (Å²) in [5.74, 6) is -1.39. The lowest BCUT2D eigenvalue weighted by Gasteiger charge is -2.20. The lowest BCUT2D eigenvalue weighted by atomic mass is 10.0. The second kappa shape index (κ2) is 6.89. The lowest BCUT2D eigenvalue weighted by molar-refractivity contribution is -0.141. The highest BCUT2D eigenvalue weighted by Crippen LogP contribution is 2.16. The normalized spacial score (nSPS) is 13.6. The minimum atomic E-state index is -1.04. The van der Waals surface area contributed by atoms with Gasteiger partial charge in [-0.3, -0.25) is 4.79 Å². The quantitative estimate of drug-likeness (QED) is 0.722. The molecule has 1 amide bonds. The summed E-state index contributed by atoms with van der Waals surface area (Å²) in [5.41, 5.74) is 2.27. The zero-order chi connectivity index (χ0) is 14.4. The van der Waals surface area contributed by atoms with Gasteiger partial charge in [0.05, 0.1) is 0 Å². The fraction of sp³-hybridized carbons (Fsp3) is 0.429. The number of nitrogens with one attached hydrogen (secondary N) is 2. The number of carbonyl (C=O) groups excluding carboxylic acids is 1. The van der Waals surface area contributed by atoms with E-state index in [0.717, 1.165) is 11.1 Å². The van der Waals surface area contributed by atoms with Crippen molar-refractivity contribution in [1.82, 2.24) is 10.6 Å². The van der Waals surface area contributed by atoms with Crippen LogP contribution in [-0.2, 0) is 9.59 Å². The van der Waals surface area contributed by atoms with Crippen LogP contribution < -0.4 is 10.6 Å². The zero-order valence-electron chi connectivity index (χ0n) is 11.4. The molecular formula is C14H20N2O3. The first kappa shape index (κ1) is 15.2. The summed E-state index contributed by atoms with van der Waals surface area (Å²) in [5, 5.41) is 14.5. The van der Waals surface area contributed by atoms with Gasteiger partial charge in [0.1, 0.15) is 6.04 Å². The van der Waals surface area contributed by atoms with Crippen molar-refractivity contribution >= 4 is 11.9 Å². The molecule has 1 aromatic rings. The summed E-state index contributed by atoms with van der Waals surface area (Å²) >= 11 is 0. The maximum Gasteiger partial charge on any atom is 0.327 e. The number of carbonyl (C=O) groups is 2. The van der Waals surface area contributed by atoms with Crippen molar-refractivity contribution < 1.29 is 14.7 Å². The molecule has 5 heteroatoms. The Labute approximate surface area is 113 Å². The van der Waals surface area contributed by atoms with Gasteiger partial charge in [-0.15, -0.1) is 0 Å². The van der Waals surface area contributed by atoms with E-state index in [4.69, 9.17) is 5.11 Å². The first-order chi connectivity index (χ1) is 8.91. The van der Waals surface area contributed by atoms with Crippen molar-refractivity contribution in [3.05, 3.63) is 35.4 Å². The van der Waals surface area contributed by atoms with Gasteiger partial charge in [-0.25, -0.2) is 4.79 Å². The molecule has 0 saturated heterocycles. The molecule has 2 atom stereocenters. The maximum absolute atomic E-state index is 11.0. The van der Waals surface area contributed by atoms with Crippen molar-refractivity contribution in [3.63, 3.8) is 0 Å². The van der Waals surface area contributed by atoms with Crippen molar-refractivity contribution in [2.45, 2.75) is 32.9 Å². The number of carboxylic acid groups (broad SMARTS) is 1. The monoisotopic (exact) mass is 264 g/mol. The van der Waals surface area contributed by atoms with Crippen LogP contribution in [0, 0.1) is 6.92 Å². The minimum Gasteiger partial charge on any atom is -0.480 e. The molecule has 0 spiro atoms. The molecule has 1 rings (SSSR count). The molecule has 2 unspecified atom stereocenters. The van der Waals surface area contributed by atoms with Gasteiger partial charge in [0.2, 0.25) is 5.91 Å². The lowest BCUT2D eigenvalue weighted by Crippen LogP contribution is -2.46. The van der Waals surface area contributed by atoms with Gasteiger partial charge in [-0.2, -0.15) is 0 Å². The molecule has 5 nitrogen and oxygen atoms in total. The molecule has 1 aromatic carbocycles. The van der Waals surface area contributed by atoms with Crippen LogP contribution in [-0.4, -0.2) is 29.6 Å². The Balaban J connectivity index is 2.62. The van der Waals surface area contributed by atoms with Gasteiger partial charge in [-0.1, -0.05) is 24.3 Å². The molecular weight excluding hydrogens is 244 g/mol. The number of aryl methyl sites for hydroxylation is 1. The Morgan fingerprint density at radius 3 is 2.47 bits per heavy atom. The highest BCUT2D eigenvalue weighted by atomic mass is 16.4. The van der Waals surface area contributed by atoms with Crippen LogP contribution in [0.3, 0.4) is 0 Å². The molecule has 0 aliphatic carbocycles. The smallest absolute Gasteiger partial charge is 0.327 e. The van der Waals surface area contributed by atoms with E-state index in [0.29, 0.717) is 0 Å². The molecule has 19 heavy (non-hydrogen) atoms. The number of aliphatic carboxylic acids is 1. The number of rotatable bonds is 6. The van der Waals surface area contributed by atoms with Crippen molar-refractivity contribution in [3.8, 4) is 0 Å². The Morgan fingerprint density at radius 1 is 1.32 bits per heavy atom. The number of hydrogen-bond donors (Lipinski definition) is 3. The summed E-state index contributed by atoms with van der Waals surface area (Å²) in [7, 11) is 0. The topological polar surface area (TPSA) is 78.4 Å². The van der Waals surface area contributed by atoms with E-state index >= 15 is 0 Å². The number of benzene rings is 1. The molecule has 0 aliphatic heterocycles. The molecule has 3 N–H and O–H groups in total. The fourth-order valence-electron chi connectivity index (χ4n) is 1.92. The Kier molecular flexibility index (Phi) is 5.51. The van der Waals surface area contributed by atoms with E-state index in [9.17, 15) is 9.59 Å². The molecule has 0 fully saturated rings. The van der Waals surface area contributed by atoms with Crippen LogP contribution in [0.4, 0.5) is 0 Å². The summed E-state index contributed by atoms with van der Waals surface area (Å²) in [6, 6.07) is 7.03. The Hall–Kier alpha value is -1.88. The molecule has 0 bridgehead atoms. The molecule has 104 valence electrons. The fourth-order valence-corrected chi connectivity index (χ4v) is 1.92. The van der Waals surface area contributed by atoms with Gasteiger partial charge in [0.25, 0.3) is 0 Å². The summed E-state index contributed by atoms with van der Waals surface area (Å²) in [4.78, 5) is 21.9. The highest BCUT2D eigenvalue weighted by Gasteiger charge is 2.19. The average Bonchev–Trinajstić information content (AvgIpc) is 2.34. The van der Waals surface area contributed by atoms with E-state index in [1.165, 1.54) is 6.92 Å².